The van der Waals surface area contributed by atoms with Crippen LogP contribution in [0.2, 0.25) is 0 Å². The van der Waals surface area contributed by atoms with Crippen LogP contribution in [0.25, 0.3) is 0 Å². The third-order valence-corrected chi connectivity index (χ3v) is 4.57. The molecule has 1 unspecified atom stereocenters. The normalized spacial score (nSPS) is 12.3. The number of allylic oxidation sites excluding steroid dienone is 3. The van der Waals surface area contributed by atoms with Crippen molar-refractivity contribution in [3.8, 4) is 0 Å². The summed E-state index contributed by atoms with van der Waals surface area (Å²) in [6.07, 6.45) is 17.8. The molecule has 6 nitrogen and oxygen atoms in total. The van der Waals surface area contributed by atoms with Crippen molar-refractivity contribution in [1.82, 2.24) is 0 Å². The van der Waals surface area contributed by atoms with Crippen LogP contribution in [0.15, 0.2) is 37.0 Å². The first-order chi connectivity index (χ1) is 14.6. The molecule has 0 heterocycles. The topological polar surface area (TPSA) is 93.1 Å². The maximum atomic E-state index is 11.5. The minimum atomic E-state index is -0.200. The molecule has 0 aliphatic heterocycles. The van der Waals surface area contributed by atoms with Crippen LogP contribution < -0.4 is 0 Å². The van der Waals surface area contributed by atoms with E-state index in [4.69, 9.17) is 19.7 Å². The van der Waals surface area contributed by atoms with Crippen LogP contribution in [0.5, 0.6) is 0 Å². The van der Waals surface area contributed by atoms with Crippen molar-refractivity contribution in [3.63, 3.8) is 0 Å². The number of aliphatic hydroxyl groups is 2. The lowest BCUT2D eigenvalue weighted by Crippen LogP contribution is -2.04. The molecule has 0 amide bonds. The molecule has 0 aromatic rings. The van der Waals surface area contributed by atoms with E-state index < -0.39 is 0 Å². The highest BCUT2D eigenvalue weighted by Crippen LogP contribution is 2.13. The van der Waals surface area contributed by atoms with E-state index in [2.05, 4.69) is 6.58 Å². The average molecular weight is 425 g/mol. The van der Waals surface area contributed by atoms with Gasteiger partial charge in [0.2, 0.25) is 0 Å². The number of ether oxygens (including phenoxy) is 2. The zero-order chi connectivity index (χ0) is 22.3. The Morgan fingerprint density at radius 2 is 1.30 bits per heavy atom. The first-order valence-corrected chi connectivity index (χ1v) is 11.1. The number of hydrogen-bond acceptors (Lipinski definition) is 6. The highest BCUT2D eigenvalue weighted by Gasteiger charge is 2.03. The lowest BCUT2D eigenvalue weighted by Gasteiger charge is -2.08. The van der Waals surface area contributed by atoms with E-state index in [-0.39, 0.29) is 31.8 Å². The lowest BCUT2D eigenvalue weighted by atomic mass is 9.99. The van der Waals surface area contributed by atoms with Crippen molar-refractivity contribution >= 4 is 11.9 Å². The number of unbranched alkanes of at least 4 members (excludes halogenated alkanes) is 4. The summed E-state index contributed by atoms with van der Waals surface area (Å²) in [5, 5.41) is 17.4. The Labute approximate surface area is 181 Å². The van der Waals surface area contributed by atoms with Crippen LogP contribution in [0.3, 0.4) is 0 Å². The highest BCUT2D eigenvalue weighted by molar-refractivity contribution is 5.69. The van der Waals surface area contributed by atoms with Gasteiger partial charge in [-0.1, -0.05) is 43.2 Å². The summed E-state index contributed by atoms with van der Waals surface area (Å²) >= 11 is 0. The number of aliphatic hydroxyl groups excluding tert-OH is 2. The standard InChI is InChI=1S/C24H40O6/c1-2-22(15-9-13-21-30-24(28)17-8-4-11-19-26)14-6-5-12-20-29-23(27)16-7-3-10-18-25/h2,5,9,12-13,22,25-26H,1,3-4,6-8,10-11,14-21H2/b12-5+,13-9-. The van der Waals surface area contributed by atoms with E-state index in [9.17, 15) is 9.59 Å². The van der Waals surface area contributed by atoms with Gasteiger partial charge in [-0.05, 0) is 50.9 Å². The fourth-order valence-corrected chi connectivity index (χ4v) is 2.71. The number of rotatable bonds is 20. The molecule has 0 rings (SSSR count). The Morgan fingerprint density at radius 3 is 1.80 bits per heavy atom. The third kappa shape index (κ3) is 19.4. The predicted octanol–water partition coefficient (Wildman–Crippen LogP) is 4.26. The molecule has 0 spiro atoms. The minimum absolute atomic E-state index is 0.165. The molecule has 1 atom stereocenters. The molecule has 0 aromatic carbocycles. The lowest BCUT2D eigenvalue weighted by molar-refractivity contribution is -0.143. The summed E-state index contributed by atoms with van der Waals surface area (Å²) in [7, 11) is 0. The first kappa shape index (κ1) is 28.1. The Kier molecular flexibility index (Phi) is 20.4. The van der Waals surface area contributed by atoms with Gasteiger partial charge in [0, 0.05) is 26.1 Å². The molecule has 0 bridgehead atoms. The molecule has 0 aliphatic rings. The molecular formula is C24H40O6. The highest BCUT2D eigenvalue weighted by atomic mass is 16.5. The largest absolute Gasteiger partial charge is 0.461 e. The molecule has 6 heteroatoms. The van der Waals surface area contributed by atoms with Gasteiger partial charge in [0.15, 0.2) is 0 Å². The van der Waals surface area contributed by atoms with Gasteiger partial charge in [-0.3, -0.25) is 9.59 Å². The summed E-state index contributed by atoms with van der Waals surface area (Å²) in [5.74, 6) is -0.0550. The van der Waals surface area contributed by atoms with Gasteiger partial charge in [-0.15, -0.1) is 6.58 Å². The second-order valence-corrected chi connectivity index (χ2v) is 7.19. The Bertz CT molecular complexity index is 498. The van der Waals surface area contributed by atoms with Crippen LogP contribution in [-0.4, -0.2) is 48.6 Å². The molecule has 0 aromatic heterocycles. The van der Waals surface area contributed by atoms with E-state index in [0.717, 1.165) is 57.8 Å². The van der Waals surface area contributed by atoms with Gasteiger partial charge in [0.05, 0.1) is 0 Å². The van der Waals surface area contributed by atoms with Crippen LogP contribution in [0.1, 0.15) is 70.6 Å². The quantitative estimate of drug-likeness (QED) is 0.172. The van der Waals surface area contributed by atoms with Crippen molar-refractivity contribution in [2.45, 2.75) is 70.6 Å². The van der Waals surface area contributed by atoms with Gasteiger partial charge in [0.1, 0.15) is 13.2 Å². The van der Waals surface area contributed by atoms with Gasteiger partial charge in [0.25, 0.3) is 0 Å². The molecule has 0 radical (unpaired) electrons. The van der Waals surface area contributed by atoms with Crippen LogP contribution in [0.4, 0.5) is 0 Å². The second-order valence-electron chi connectivity index (χ2n) is 7.19. The van der Waals surface area contributed by atoms with Crippen LogP contribution >= 0.6 is 0 Å². The number of carbonyl (C=O) groups excluding carboxylic acids is 2. The van der Waals surface area contributed by atoms with Crippen molar-refractivity contribution in [1.29, 1.82) is 0 Å². The van der Waals surface area contributed by atoms with Gasteiger partial charge in [-0.2, -0.15) is 0 Å². The number of esters is 2. The Balaban J connectivity index is 3.74. The molecule has 172 valence electrons. The number of carbonyl (C=O) groups is 2. The minimum Gasteiger partial charge on any atom is -0.461 e. The molecule has 30 heavy (non-hydrogen) atoms. The SMILES string of the molecule is C=CC(C/C=C\COC(=O)CCCCCO)CC/C=C/COC(=O)CCCCCO. The maximum Gasteiger partial charge on any atom is 0.306 e. The summed E-state index contributed by atoms with van der Waals surface area (Å²) in [4.78, 5) is 23.0. The van der Waals surface area contributed by atoms with Crippen molar-refractivity contribution in [2.75, 3.05) is 26.4 Å². The van der Waals surface area contributed by atoms with Gasteiger partial charge in [-0.25, -0.2) is 0 Å². The smallest absolute Gasteiger partial charge is 0.306 e. The maximum absolute atomic E-state index is 11.5. The van der Waals surface area contributed by atoms with Crippen molar-refractivity contribution in [3.05, 3.63) is 37.0 Å². The predicted molar refractivity (Wildman–Crippen MR) is 119 cm³/mol. The monoisotopic (exact) mass is 424 g/mol. The van der Waals surface area contributed by atoms with Crippen molar-refractivity contribution in [2.24, 2.45) is 5.92 Å². The van der Waals surface area contributed by atoms with Gasteiger partial charge < -0.3 is 19.7 Å². The van der Waals surface area contributed by atoms with E-state index in [0.29, 0.717) is 25.4 Å². The summed E-state index contributed by atoms with van der Waals surface area (Å²) in [5.41, 5.74) is 0. The van der Waals surface area contributed by atoms with Gasteiger partial charge >= 0.3 is 11.9 Å². The summed E-state index contributed by atoms with van der Waals surface area (Å²) in [6.45, 7) is 4.78. The van der Waals surface area contributed by atoms with E-state index in [1.54, 1.807) is 0 Å². The first-order valence-electron chi connectivity index (χ1n) is 11.1. The summed E-state index contributed by atoms with van der Waals surface area (Å²) in [6, 6.07) is 0. The van der Waals surface area contributed by atoms with E-state index in [1.165, 1.54) is 0 Å². The molecule has 0 saturated heterocycles. The Hall–Kier alpha value is -1.92. The fourth-order valence-electron chi connectivity index (χ4n) is 2.71. The summed E-state index contributed by atoms with van der Waals surface area (Å²) < 4.78 is 10.3. The average Bonchev–Trinajstić information content (AvgIpc) is 2.75. The fraction of sp³-hybridized carbons (Fsp3) is 0.667. The number of hydrogen-bond donors (Lipinski definition) is 2. The molecular weight excluding hydrogens is 384 g/mol. The second kappa shape index (κ2) is 21.8. The van der Waals surface area contributed by atoms with Crippen LogP contribution in [-0.2, 0) is 19.1 Å². The van der Waals surface area contributed by atoms with E-state index >= 15 is 0 Å². The van der Waals surface area contributed by atoms with E-state index in [1.807, 2.05) is 30.4 Å². The Morgan fingerprint density at radius 1 is 0.767 bits per heavy atom. The molecule has 2 N–H and O–H groups in total. The molecule has 0 fully saturated rings. The molecule has 0 aliphatic carbocycles. The zero-order valence-corrected chi connectivity index (χ0v) is 18.3. The third-order valence-electron chi connectivity index (χ3n) is 4.57. The van der Waals surface area contributed by atoms with Crippen molar-refractivity contribution < 1.29 is 29.3 Å². The molecule has 0 saturated carbocycles. The zero-order valence-electron chi connectivity index (χ0n) is 18.3. The van der Waals surface area contributed by atoms with Crippen LogP contribution in [0, 0.1) is 5.92 Å².